The lowest BCUT2D eigenvalue weighted by Crippen LogP contribution is -2.16. The van der Waals surface area contributed by atoms with Gasteiger partial charge in [0.2, 0.25) is 0 Å². The smallest absolute Gasteiger partial charge is 0.0547 e. The highest BCUT2D eigenvalue weighted by molar-refractivity contribution is 6.26. The van der Waals surface area contributed by atoms with Crippen LogP contribution in [0.1, 0.15) is 25.0 Å². The fourth-order valence-corrected chi connectivity index (χ4v) is 9.23. The molecule has 9 aromatic carbocycles. The van der Waals surface area contributed by atoms with Gasteiger partial charge in [0.1, 0.15) is 0 Å². The van der Waals surface area contributed by atoms with Crippen LogP contribution in [0.4, 0.5) is 17.1 Å². The SMILES string of the molecule is CC1(C)c2cc(-c3ccc4c5c3ccc3cccc(c35)n4-c3ccccc3)ccc2-c2ccc(N(c3ccccc3)c3cccc4ccccc34)cc21. The molecule has 10 aromatic rings. The first-order valence-electron chi connectivity index (χ1n) is 18.5. The largest absolute Gasteiger partial charge is 0.310 e. The maximum Gasteiger partial charge on any atom is 0.0547 e. The Morgan fingerprint density at radius 1 is 0.434 bits per heavy atom. The highest BCUT2D eigenvalue weighted by Crippen LogP contribution is 2.52. The van der Waals surface area contributed by atoms with E-state index < -0.39 is 0 Å². The van der Waals surface area contributed by atoms with Crippen molar-refractivity contribution in [3.63, 3.8) is 0 Å². The van der Waals surface area contributed by atoms with Crippen LogP contribution < -0.4 is 4.90 Å². The lowest BCUT2D eigenvalue weighted by Gasteiger charge is -2.29. The van der Waals surface area contributed by atoms with E-state index in [-0.39, 0.29) is 5.41 Å². The molecule has 0 bridgehead atoms. The second kappa shape index (κ2) is 11.2. The summed E-state index contributed by atoms with van der Waals surface area (Å²) in [5, 5.41) is 7.72. The molecule has 0 spiro atoms. The Bertz CT molecular complexity index is 3020. The van der Waals surface area contributed by atoms with Crippen molar-refractivity contribution in [3.05, 3.63) is 193 Å². The van der Waals surface area contributed by atoms with E-state index in [1.54, 1.807) is 0 Å². The minimum Gasteiger partial charge on any atom is -0.310 e. The fraction of sp³-hybridized carbons (Fsp3) is 0.0588. The predicted molar refractivity (Wildman–Crippen MR) is 225 cm³/mol. The van der Waals surface area contributed by atoms with Crippen LogP contribution in [0.15, 0.2) is 182 Å². The van der Waals surface area contributed by atoms with Crippen molar-refractivity contribution in [2.45, 2.75) is 19.3 Å². The van der Waals surface area contributed by atoms with E-state index >= 15 is 0 Å². The fourth-order valence-electron chi connectivity index (χ4n) is 9.23. The Labute approximate surface area is 309 Å². The number of benzene rings is 9. The van der Waals surface area contributed by atoms with Crippen molar-refractivity contribution in [2.75, 3.05) is 4.90 Å². The van der Waals surface area contributed by atoms with Crippen molar-refractivity contribution in [2.24, 2.45) is 0 Å². The van der Waals surface area contributed by atoms with Crippen molar-refractivity contribution < 1.29 is 0 Å². The average molecular weight is 677 g/mol. The summed E-state index contributed by atoms with van der Waals surface area (Å²) in [6, 6.07) is 67.0. The Kier molecular flexibility index (Phi) is 6.33. The second-order valence-corrected chi connectivity index (χ2v) is 15.0. The zero-order valence-electron chi connectivity index (χ0n) is 29.7. The van der Waals surface area contributed by atoms with Gasteiger partial charge < -0.3 is 9.47 Å². The van der Waals surface area contributed by atoms with Crippen LogP contribution in [-0.2, 0) is 5.41 Å². The van der Waals surface area contributed by atoms with Crippen molar-refractivity contribution in [1.29, 1.82) is 0 Å². The molecular weight excluding hydrogens is 641 g/mol. The Morgan fingerprint density at radius 3 is 1.94 bits per heavy atom. The summed E-state index contributed by atoms with van der Waals surface area (Å²) in [5.74, 6) is 0. The van der Waals surface area contributed by atoms with Gasteiger partial charge in [0, 0.05) is 38.6 Å². The molecule has 0 aliphatic heterocycles. The molecule has 0 N–H and O–H groups in total. The first-order chi connectivity index (χ1) is 26.1. The lowest BCUT2D eigenvalue weighted by molar-refractivity contribution is 0.660. The van der Waals surface area contributed by atoms with Gasteiger partial charge in [0.05, 0.1) is 16.7 Å². The lowest BCUT2D eigenvalue weighted by atomic mass is 9.81. The van der Waals surface area contributed by atoms with Gasteiger partial charge in [-0.1, -0.05) is 135 Å². The molecule has 1 heterocycles. The maximum absolute atomic E-state index is 2.46. The first kappa shape index (κ1) is 30.0. The van der Waals surface area contributed by atoms with Crippen molar-refractivity contribution in [3.8, 4) is 27.9 Å². The number of aromatic nitrogens is 1. The molecule has 2 nitrogen and oxygen atoms in total. The summed E-state index contributed by atoms with van der Waals surface area (Å²) >= 11 is 0. The van der Waals surface area contributed by atoms with Gasteiger partial charge in [0.25, 0.3) is 0 Å². The van der Waals surface area contributed by atoms with Crippen molar-refractivity contribution in [1.82, 2.24) is 4.57 Å². The van der Waals surface area contributed by atoms with E-state index in [0.29, 0.717) is 0 Å². The van der Waals surface area contributed by atoms with E-state index in [1.165, 1.54) is 88.1 Å². The summed E-state index contributed by atoms with van der Waals surface area (Å²) in [4.78, 5) is 2.42. The minimum absolute atomic E-state index is 0.189. The van der Waals surface area contributed by atoms with Crippen LogP contribution in [0.2, 0.25) is 0 Å². The highest BCUT2D eigenvalue weighted by Gasteiger charge is 2.36. The van der Waals surface area contributed by atoms with Crippen LogP contribution in [0, 0.1) is 0 Å². The van der Waals surface area contributed by atoms with E-state index in [1.807, 2.05) is 0 Å². The van der Waals surface area contributed by atoms with E-state index in [2.05, 4.69) is 205 Å². The summed E-state index contributed by atoms with van der Waals surface area (Å²) < 4.78 is 2.42. The first-order valence-corrected chi connectivity index (χ1v) is 18.5. The summed E-state index contributed by atoms with van der Waals surface area (Å²) in [5.41, 5.74) is 14.9. The zero-order valence-corrected chi connectivity index (χ0v) is 29.7. The topological polar surface area (TPSA) is 8.17 Å². The number of rotatable bonds is 5. The maximum atomic E-state index is 2.46. The number of hydrogen-bond acceptors (Lipinski definition) is 1. The standard InChI is InChI=1S/C51H36N2/c1-51(2)44-31-35(39-29-30-48-50-43(39)27-23-34-15-12-22-47(49(34)50)53(48)37-18-7-4-8-19-37)24-26-41(44)42-28-25-38(32-45(42)51)52(36-16-5-3-6-17-36)46-21-11-14-33-13-9-10-20-40(33)46/h3-32H,1-2H3. The normalized spacial score (nSPS) is 13.2. The van der Waals surface area contributed by atoms with E-state index in [9.17, 15) is 0 Å². The van der Waals surface area contributed by atoms with Crippen LogP contribution in [-0.4, -0.2) is 4.57 Å². The van der Waals surface area contributed by atoms with Gasteiger partial charge in [-0.25, -0.2) is 0 Å². The van der Waals surface area contributed by atoms with E-state index in [0.717, 1.165) is 11.4 Å². The van der Waals surface area contributed by atoms with Crippen LogP contribution >= 0.6 is 0 Å². The third kappa shape index (κ3) is 4.33. The molecule has 250 valence electrons. The Balaban J connectivity index is 1.06. The zero-order chi connectivity index (χ0) is 35.3. The minimum atomic E-state index is -0.189. The molecule has 0 saturated heterocycles. The van der Waals surface area contributed by atoms with Gasteiger partial charge >= 0.3 is 0 Å². The molecule has 0 fully saturated rings. The van der Waals surface area contributed by atoms with Crippen molar-refractivity contribution >= 4 is 60.4 Å². The molecule has 11 rings (SSSR count). The molecule has 1 aromatic heterocycles. The van der Waals surface area contributed by atoms with Gasteiger partial charge in [-0.3, -0.25) is 0 Å². The van der Waals surface area contributed by atoms with Gasteiger partial charge in [-0.15, -0.1) is 0 Å². The average Bonchev–Trinajstić information content (AvgIpc) is 3.67. The number of para-hydroxylation sites is 2. The molecule has 0 atom stereocenters. The number of nitrogens with zero attached hydrogens (tertiary/aromatic N) is 2. The molecule has 0 unspecified atom stereocenters. The summed E-state index contributed by atoms with van der Waals surface area (Å²) in [7, 11) is 0. The molecule has 0 radical (unpaired) electrons. The van der Waals surface area contributed by atoms with Crippen LogP contribution in [0.5, 0.6) is 0 Å². The Morgan fingerprint density at radius 2 is 1.09 bits per heavy atom. The monoisotopic (exact) mass is 676 g/mol. The number of hydrogen-bond donors (Lipinski definition) is 0. The second-order valence-electron chi connectivity index (χ2n) is 15.0. The van der Waals surface area contributed by atoms with Gasteiger partial charge in [-0.05, 0) is 110 Å². The molecule has 53 heavy (non-hydrogen) atoms. The third-order valence-corrected chi connectivity index (χ3v) is 11.7. The molecule has 1 aliphatic rings. The predicted octanol–water partition coefficient (Wildman–Crippen LogP) is 14.0. The molecule has 1 aliphatic carbocycles. The van der Waals surface area contributed by atoms with Crippen LogP contribution in [0.3, 0.4) is 0 Å². The van der Waals surface area contributed by atoms with Gasteiger partial charge in [-0.2, -0.15) is 0 Å². The van der Waals surface area contributed by atoms with Crippen LogP contribution in [0.25, 0.3) is 71.3 Å². The Hall–Kier alpha value is -6.64. The summed E-state index contributed by atoms with van der Waals surface area (Å²) in [6.45, 7) is 4.78. The van der Waals surface area contributed by atoms with Gasteiger partial charge in [0.15, 0.2) is 0 Å². The molecule has 0 amide bonds. The molecule has 0 saturated carbocycles. The summed E-state index contributed by atoms with van der Waals surface area (Å²) in [6.07, 6.45) is 0. The third-order valence-electron chi connectivity index (χ3n) is 11.7. The molecular formula is C51H36N2. The molecule has 2 heteroatoms. The highest BCUT2D eigenvalue weighted by atomic mass is 15.1. The van der Waals surface area contributed by atoms with E-state index in [4.69, 9.17) is 0 Å². The quantitative estimate of drug-likeness (QED) is 0.165. The number of fused-ring (bicyclic) bond motifs is 4. The number of anilines is 3.